The van der Waals surface area contributed by atoms with E-state index in [2.05, 4.69) is 22.1 Å². The standard InChI is InChI=1S/C7H13N3S/c1-3-4-5-6-8-7(11-2)10-9-6/h3-5H2,1-2H3,(H,8,9,10). The lowest BCUT2D eigenvalue weighted by Crippen LogP contribution is -1.86. The molecule has 0 saturated carbocycles. The van der Waals surface area contributed by atoms with E-state index in [1.54, 1.807) is 11.8 Å². The molecule has 1 aromatic rings. The largest absolute Gasteiger partial charge is 0.254 e. The summed E-state index contributed by atoms with van der Waals surface area (Å²) in [5.74, 6) is 0.941. The molecule has 0 atom stereocenters. The van der Waals surface area contributed by atoms with Crippen molar-refractivity contribution in [3.63, 3.8) is 0 Å². The summed E-state index contributed by atoms with van der Waals surface area (Å²) < 4.78 is 0. The van der Waals surface area contributed by atoms with Gasteiger partial charge in [0.25, 0.3) is 0 Å². The van der Waals surface area contributed by atoms with Crippen molar-refractivity contribution < 1.29 is 0 Å². The molecule has 1 aromatic heterocycles. The third-order valence-corrected chi connectivity index (χ3v) is 2.03. The van der Waals surface area contributed by atoms with E-state index in [-0.39, 0.29) is 0 Å². The van der Waals surface area contributed by atoms with E-state index in [1.807, 2.05) is 6.26 Å². The Bertz CT molecular complexity index is 209. The van der Waals surface area contributed by atoms with E-state index in [0.717, 1.165) is 17.4 Å². The molecule has 11 heavy (non-hydrogen) atoms. The van der Waals surface area contributed by atoms with Crippen LogP contribution >= 0.6 is 11.8 Å². The van der Waals surface area contributed by atoms with Crippen LogP contribution in [0.5, 0.6) is 0 Å². The van der Waals surface area contributed by atoms with Crippen LogP contribution in [0.1, 0.15) is 25.6 Å². The molecule has 0 unspecified atom stereocenters. The minimum atomic E-state index is 0.913. The molecule has 1 rings (SSSR count). The highest BCUT2D eigenvalue weighted by molar-refractivity contribution is 7.98. The number of hydrogen-bond donors (Lipinski definition) is 1. The van der Waals surface area contributed by atoms with Gasteiger partial charge in [0.15, 0.2) is 11.0 Å². The van der Waals surface area contributed by atoms with Gasteiger partial charge in [0, 0.05) is 6.42 Å². The highest BCUT2D eigenvalue weighted by atomic mass is 32.2. The zero-order chi connectivity index (χ0) is 8.10. The quantitative estimate of drug-likeness (QED) is 0.703. The van der Waals surface area contributed by atoms with Crippen molar-refractivity contribution in [3.8, 4) is 0 Å². The van der Waals surface area contributed by atoms with E-state index >= 15 is 0 Å². The first-order valence-corrected chi connectivity index (χ1v) is 5.04. The van der Waals surface area contributed by atoms with Gasteiger partial charge in [0.1, 0.15) is 0 Å². The number of H-pyrrole nitrogens is 1. The van der Waals surface area contributed by atoms with Gasteiger partial charge < -0.3 is 0 Å². The van der Waals surface area contributed by atoms with Crippen LogP contribution in [-0.4, -0.2) is 21.4 Å². The lowest BCUT2D eigenvalue weighted by molar-refractivity contribution is 0.755. The molecular formula is C7H13N3S. The molecule has 0 amide bonds. The monoisotopic (exact) mass is 171 g/mol. The van der Waals surface area contributed by atoms with Gasteiger partial charge in [0.2, 0.25) is 0 Å². The van der Waals surface area contributed by atoms with Gasteiger partial charge in [-0.05, 0) is 12.7 Å². The lowest BCUT2D eigenvalue weighted by atomic mass is 10.2. The number of aromatic nitrogens is 3. The number of thioether (sulfide) groups is 1. The molecule has 0 saturated heterocycles. The fourth-order valence-corrected chi connectivity index (χ4v) is 1.15. The van der Waals surface area contributed by atoms with Gasteiger partial charge in [0.05, 0.1) is 0 Å². The lowest BCUT2D eigenvalue weighted by Gasteiger charge is -1.88. The molecule has 4 heteroatoms. The number of rotatable bonds is 4. The highest BCUT2D eigenvalue weighted by Gasteiger charge is 1.99. The summed E-state index contributed by atoms with van der Waals surface area (Å²) in [5.41, 5.74) is 0. The molecule has 0 radical (unpaired) electrons. The maximum atomic E-state index is 4.26. The van der Waals surface area contributed by atoms with Crippen LogP contribution in [0.2, 0.25) is 0 Å². The number of unbranched alkanes of at least 4 members (excludes halogenated alkanes) is 1. The second-order valence-electron chi connectivity index (χ2n) is 2.36. The number of nitrogens with one attached hydrogen (secondary N) is 1. The summed E-state index contributed by atoms with van der Waals surface area (Å²) in [6.07, 6.45) is 5.35. The van der Waals surface area contributed by atoms with Crippen molar-refractivity contribution in [1.29, 1.82) is 0 Å². The number of hydrogen-bond acceptors (Lipinski definition) is 3. The van der Waals surface area contributed by atoms with Crippen LogP contribution in [0.4, 0.5) is 0 Å². The molecule has 1 heterocycles. The van der Waals surface area contributed by atoms with Crippen LogP contribution in [0.15, 0.2) is 5.16 Å². The molecule has 0 bridgehead atoms. The van der Waals surface area contributed by atoms with Gasteiger partial charge in [-0.25, -0.2) is 4.98 Å². The van der Waals surface area contributed by atoms with Crippen molar-refractivity contribution in [2.45, 2.75) is 31.3 Å². The van der Waals surface area contributed by atoms with Crippen LogP contribution in [-0.2, 0) is 6.42 Å². The Morgan fingerprint density at radius 2 is 2.36 bits per heavy atom. The van der Waals surface area contributed by atoms with Gasteiger partial charge in [-0.15, -0.1) is 0 Å². The SMILES string of the molecule is CCCCc1n[nH]c(SC)n1. The Morgan fingerprint density at radius 3 is 2.91 bits per heavy atom. The first kappa shape index (κ1) is 8.59. The minimum absolute atomic E-state index is 0.913. The van der Waals surface area contributed by atoms with Gasteiger partial charge in [-0.3, -0.25) is 5.10 Å². The average molecular weight is 171 g/mol. The number of aryl methyl sites for hydroxylation is 1. The van der Waals surface area contributed by atoms with E-state index < -0.39 is 0 Å². The first-order valence-electron chi connectivity index (χ1n) is 3.82. The Hall–Kier alpha value is -0.510. The van der Waals surface area contributed by atoms with E-state index in [1.165, 1.54) is 12.8 Å². The van der Waals surface area contributed by atoms with Gasteiger partial charge in [-0.2, -0.15) is 5.10 Å². The Labute approximate surface area is 71.0 Å². The Morgan fingerprint density at radius 1 is 1.55 bits per heavy atom. The van der Waals surface area contributed by atoms with Crippen molar-refractivity contribution in [1.82, 2.24) is 15.2 Å². The normalized spacial score (nSPS) is 10.4. The summed E-state index contributed by atoms with van der Waals surface area (Å²) >= 11 is 1.59. The van der Waals surface area contributed by atoms with Gasteiger partial charge >= 0.3 is 0 Å². The van der Waals surface area contributed by atoms with Gasteiger partial charge in [-0.1, -0.05) is 25.1 Å². The molecule has 62 valence electrons. The molecule has 0 aliphatic rings. The summed E-state index contributed by atoms with van der Waals surface area (Å²) in [4.78, 5) is 4.26. The summed E-state index contributed by atoms with van der Waals surface area (Å²) in [6, 6.07) is 0. The maximum Gasteiger partial charge on any atom is 0.183 e. The topological polar surface area (TPSA) is 41.6 Å². The first-order chi connectivity index (χ1) is 5.36. The smallest absolute Gasteiger partial charge is 0.183 e. The van der Waals surface area contributed by atoms with Crippen molar-refractivity contribution in [2.75, 3.05) is 6.26 Å². The zero-order valence-corrected chi connectivity index (χ0v) is 7.74. The number of nitrogens with zero attached hydrogens (tertiary/aromatic N) is 2. The van der Waals surface area contributed by atoms with E-state index in [0.29, 0.717) is 0 Å². The van der Waals surface area contributed by atoms with Crippen LogP contribution in [0.25, 0.3) is 0 Å². The second-order valence-corrected chi connectivity index (χ2v) is 3.16. The Balaban J connectivity index is 2.44. The van der Waals surface area contributed by atoms with Crippen LogP contribution in [0.3, 0.4) is 0 Å². The van der Waals surface area contributed by atoms with Crippen LogP contribution < -0.4 is 0 Å². The van der Waals surface area contributed by atoms with E-state index in [9.17, 15) is 0 Å². The second kappa shape index (κ2) is 4.38. The average Bonchev–Trinajstić information content (AvgIpc) is 2.48. The third kappa shape index (κ3) is 2.54. The van der Waals surface area contributed by atoms with Crippen LogP contribution in [0, 0.1) is 0 Å². The van der Waals surface area contributed by atoms with Crippen molar-refractivity contribution in [2.24, 2.45) is 0 Å². The predicted molar refractivity (Wildman–Crippen MR) is 46.8 cm³/mol. The predicted octanol–water partition coefficient (Wildman–Crippen LogP) is 1.87. The minimum Gasteiger partial charge on any atom is -0.254 e. The van der Waals surface area contributed by atoms with E-state index in [4.69, 9.17) is 0 Å². The molecule has 0 aliphatic heterocycles. The molecule has 0 spiro atoms. The fourth-order valence-electron chi connectivity index (χ4n) is 0.818. The summed E-state index contributed by atoms with van der Waals surface area (Å²) in [6.45, 7) is 2.17. The molecule has 3 nitrogen and oxygen atoms in total. The summed E-state index contributed by atoms with van der Waals surface area (Å²) in [7, 11) is 0. The highest BCUT2D eigenvalue weighted by Crippen LogP contribution is 2.07. The third-order valence-electron chi connectivity index (χ3n) is 1.46. The molecule has 0 aliphatic carbocycles. The Kier molecular flexibility index (Phi) is 3.42. The number of aromatic amines is 1. The summed E-state index contributed by atoms with van der Waals surface area (Å²) in [5, 5.41) is 7.85. The molecular weight excluding hydrogens is 158 g/mol. The molecule has 1 N–H and O–H groups in total. The maximum absolute atomic E-state index is 4.26. The molecule has 0 fully saturated rings. The zero-order valence-electron chi connectivity index (χ0n) is 6.92. The molecule has 0 aromatic carbocycles. The van der Waals surface area contributed by atoms with Crippen molar-refractivity contribution in [3.05, 3.63) is 5.82 Å². The van der Waals surface area contributed by atoms with Crippen molar-refractivity contribution >= 4 is 11.8 Å². The fraction of sp³-hybridized carbons (Fsp3) is 0.714.